The average molecular weight is 241 g/mol. The van der Waals surface area contributed by atoms with Gasteiger partial charge in [-0.2, -0.15) is 5.10 Å². The Kier molecular flexibility index (Phi) is 4.29. The van der Waals surface area contributed by atoms with Crippen molar-refractivity contribution in [2.75, 3.05) is 0 Å². The Morgan fingerprint density at radius 2 is 2.06 bits per heavy atom. The highest BCUT2D eigenvalue weighted by Gasteiger charge is 1.95. The zero-order valence-electron chi connectivity index (χ0n) is 11.0. The minimum absolute atomic E-state index is 0.974. The highest BCUT2D eigenvalue weighted by Crippen LogP contribution is 2.12. The fraction of sp³-hybridized carbons (Fsp3) is 0.333. The Morgan fingerprint density at radius 3 is 2.78 bits per heavy atom. The van der Waals surface area contributed by atoms with E-state index in [2.05, 4.69) is 36.1 Å². The summed E-state index contributed by atoms with van der Waals surface area (Å²) in [4.78, 5) is 4.43. The normalized spacial score (nSPS) is 11.2. The quantitative estimate of drug-likeness (QED) is 0.733. The van der Waals surface area contributed by atoms with Crippen molar-refractivity contribution in [3.8, 4) is 0 Å². The topological polar surface area (TPSA) is 30.2 Å². The van der Waals surface area contributed by atoms with Crippen molar-refractivity contribution < 1.29 is 0 Å². The lowest BCUT2D eigenvalue weighted by molar-refractivity contribution is 0.572. The van der Waals surface area contributed by atoms with E-state index in [1.165, 1.54) is 12.0 Å². The van der Waals surface area contributed by atoms with Gasteiger partial charge in [-0.1, -0.05) is 31.0 Å². The maximum Gasteiger partial charge on any atom is 0.0630 e. The molecule has 0 bridgehead atoms. The molecule has 2 aromatic rings. The summed E-state index contributed by atoms with van der Waals surface area (Å²) in [5, 5.41) is 4.31. The first-order chi connectivity index (χ1) is 8.78. The number of rotatable bonds is 5. The fourth-order valence-corrected chi connectivity index (χ4v) is 1.67. The number of hydrogen-bond acceptors (Lipinski definition) is 2. The largest absolute Gasteiger partial charge is 0.272 e. The van der Waals surface area contributed by atoms with Crippen molar-refractivity contribution in [1.82, 2.24) is 9.78 Å². The minimum Gasteiger partial charge on any atom is -0.272 e. The number of unbranched alkanes of at least 4 members (excludes halogenated alkanes) is 1. The van der Waals surface area contributed by atoms with Crippen molar-refractivity contribution in [2.24, 2.45) is 4.99 Å². The summed E-state index contributed by atoms with van der Waals surface area (Å²) >= 11 is 0. The Morgan fingerprint density at radius 1 is 1.28 bits per heavy atom. The van der Waals surface area contributed by atoms with E-state index < -0.39 is 0 Å². The third kappa shape index (κ3) is 3.55. The van der Waals surface area contributed by atoms with Crippen LogP contribution in [0, 0.1) is 6.92 Å². The summed E-state index contributed by atoms with van der Waals surface area (Å²) < 4.78 is 1.97. The molecule has 0 aliphatic rings. The molecular formula is C15H19N3. The zero-order valence-corrected chi connectivity index (χ0v) is 11.0. The molecule has 1 aromatic carbocycles. The van der Waals surface area contributed by atoms with E-state index in [0.717, 1.165) is 24.2 Å². The van der Waals surface area contributed by atoms with Crippen molar-refractivity contribution in [3.63, 3.8) is 0 Å². The van der Waals surface area contributed by atoms with Crippen molar-refractivity contribution in [1.29, 1.82) is 0 Å². The molecule has 0 saturated heterocycles. The molecule has 94 valence electrons. The second-order valence-corrected chi connectivity index (χ2v) is 4.48. The van der Waals surface area contributed by atoms with E-state index in [1.807, 2.05) is 35.4 Å². The van der Waals surface area contributed by atoms with Crippen LogP contribution in [0.4, 0.5) is 5.69 Å². The van der Waals surface area contributed by atoms with Crippen LogP contribution in [-0.2, 0) is 6.54 Å². The second-order valence-electron chi connectivity index (χ2n) is 4.48. The molecule has 3 nitrogen and oxygen atoms in total. The summed E-state index contributed by atoms with van der Waals surface area (Å²) in [6.07, 6.45) is 8.10. The maximum absolute atomic E-state index is 4.43. The molecule has 0 saturated carbocycles. The van der Waals surface area contributed by atoms with Gasteiger partial charge in [0.05, 0.1) is 11.9 Å². The van der Waals surface area contributed by atoms with Gasteiger partial charge >= 0.3 is 0 Å². The molecule has 0 N–H and O–H groups in total. The van der Waals surface area contributed by atoms with Crippen LogP contribution in [0.1, 0.15) is 30.9 Å². The van der Waals surface area contributed by atoms with E-state index in [-0.39, 0.29) is 0 Å². The molecule has 0 radical (unpaired) electrons. The van der Waals surface area contributed by atoms with Gasteiger partial charge in [-0.05, 0) is 25.5 Å². The van der Waals surface area contributed by atoms with Crippen LogP contribution in [0.5, 0.6) is 0 Å². The van der Waals surface area contributed by atoms with Gasteiger partial charge in [0.25, 0.3) is 0 Å². The highest BCUT2D eigenvalue weighted by atomic mass is 15.3. The smallest absolute Gasteiger partial charge is 0.0630 e. The predicted octanol–water partition coefficient (Wildman–Crippen LogP) is 3.74. The lowest BCUT2D eigenvalue weighted by atomic mass is 10.2. The minimum atomic E-state index is 0.974. The van der Waals surface area contributed by atoms with Gasteiger partial charge < -0.3 is 0 Å². The number of hydrogen-bond donors (Lipinski definition) is 0. The highest BCUT2D eigenvalue weighted by molar-refractivity contribution is 5.81. The SMILES string of the molecule is CCCCn1cc(C=Nc2ccc(C)cc2)cn1. The Balaban J connectivity index is 2.00. The van der Waals surface area contributed by atoms with Gasteiger partial charge in [0.1, 0.15) is 0 Å². The molecule has 1 aromatic heterocycles. The first-order valence-corrected chi connectivity index (χ1v) is 6.41. The molecular weight excluding hydrogens is 222 g/mol. The van der Waals surface area contributed by atoms with Crippen LogP contribution in [0.25, 0.3) is 0 Å². The molecule has 0 aliphatic carbocycles. The summed E-state index contributed by atoms with van der Waals surface area (Å²) in [5.41, 5.74) is 3.27. The Labute approximate surface area is 108 Å². The molecule has 0 fully saturated rings. The molecule has 0 spiro atoms. The summed E-state index contributed by atoms with van der Waals surface area (Å²) in [7, 11) is 0. The third-order valence-corrected chi connectivity index (χ3v) is 2.79. The molecule has 0 atom stereocenters. The first-order valence-electron chi connectivity index (χ1n) is 6.41. The molecule has 18 heavy (non-hydrogen) atoms. The van der Waals surface area contributed by atoms with Gasteiger partial charge in [0.2, 0.25) is 0 Å². The predicted molar refractivity (Wildman–Crippen MR) is 75.6 cm³/mol. The van der Waals surface area contributed by atoms with E-state index in [1.54, 1.807) is 0 Å². The standard InChI is InChI=1S/C15H19N3/c1-3-4-9-18-12-14(11-17-18)10-16-15-7-5-13(2)6-8-15/h5-8,10-12H,3-4,9H2,1-2H3. The number of aromatic nitrogens is 2. The van der Waals surface area contributed by atoms with E-state index in [4.69, 9.17) is 0 Å². The van der Waals surface area contributed by atoms with Crippen LogP contribution in [0.3, 0.4) is 0 Å². The molecule has 0 amide bonds. The third-order valence-electron chi connectivity index (χ3n) is 2.79. The van der Waals surface area contributed by atoms with Crippen molar-refractivity contribution >= 4 is 11.9 Å². The molecule has 1 heterocycles. The lowest BCUT2D eigenvalue weighted by Gasteiger charge is -1.96. The molecule has 0 aliphatic heterocycles. The fourth-order valence-electron chi connectivity index (χ4n) is 1.67. The number of aliphatic imine (C=N–C) groups is 1. The number of benzene rings is 1. The van der Waals surface area contributed by atoms with Gasteiger partial charge in [-0.25, -0.2) is 0 Å². The monoisotopic (exact) mass is 241 g/mol. The molecule has 2 rings (SSSR count). The van der Waals surface area contributed by atoms with Crippen molar-refractivity contribution in [2.45, 2.75) is 33.2 Å². The Hall–Kier alpha value is -1.90. The molecule has 3 heteroatoms. The van der Waals surface area contributed by atoms with E-state index in [9.17, 15) is 0 Å². The molecule has 0 unspecified atom stereocenters. The Bertz CT molecular complexity index is 509. The van der Waals surface area contributed by atoms with Crippen LogP contribution in [0.2, 0.25) is 0 Å². The van der Waals surface area contributed by atoms with Crippen LogP contribution < -0.4 is 0 Å². The van der Waals surface area contributed by atoms with Gasteiger partial charge in [-0.3, -0.25) is 9.67 Å². The summed E-state index contributed by atoms with van der Waals surface area (Å²) in [5.74, 6) is 0. The maximum atomic E-state index is 4.43. The summed E-state index contributed by atoms with van der Waals surface area (Å²) in [6.45, 7) is 5.24. The van der Waals surface area contributed by atoms with Gasteiger partial charge in [0, 0.05) is 24.5 Å². The van der Waals surface area contributed by atoms with E-state index >= 15 is 0 Å². The summed E-state index contributed by atoms with van der Waals surface area (Å²) in [6, 6.07) is 8.18. The zero-order chi connectivity index (χ0) is 12.8. The van der Waals surface area contributed by atoms with Crippen LogP contribution >= 0.6 is 0 Å². The first kappa shape index (κ1) is 12.6. The van der Waals surface area contributed by atoms with Crippen LogP contribution in [-0.4, -0.2) is 16.0 Å². The van der Waals surface area contributed by atoms with Crippen molar-refractivity contribution in [3.05, 3.63) is 47.8 Å². The van der Waals surface area contributed by atoms with Gasteiger partial charge in [0.15, 0.2) is 0 Å². The lowest BCUT2D eigenvalue weighted by Crippen LogP contribution is -1.96. The van der Waals surface area contributed by atoms with Gasteiger partial charge in [-0.15, -0.1) is 0 Å². The average Bonchev–Trinajstić information content (AvgIpc) is 2.84. The number of aryl methyl sites for hydroxylation is 2. The second kappa shape index (κ2) is 6.15. The number of nitrogens with zero attached hydrogens (tertiary/aromatic N) is 3. The van der Waals surface area contributed by atoms with E-state index in [0.29, 0.717) is 0 Å². The van der Waals surface area contributed by atoms with Crippen LogP contribution in [0.15, 0.2) is 41.7 Å².